The van der Waals surface area contributed by atoms with Crippen molar-refractivity contribution in [3.63, 3.8) is 0 Å². The summed E-state index contributed by atoms with van der Waals surface area (Å²) >= 11 is 4.85. The third kappa shape index (κ3) is 4.55. The van der Waals surface area contributed by atoms with E-state index in [9.17, 15) is 4.79 Å². The molecule has 0 bridgehead atoms. The quantitative estimate of drug-likeness (QED) is 0.448. The second-order valence-corrected chi connectivity index (χ2v) is 5.33. The third-order valence-electron chi connectivity index (χ3n) is 2.16. The molecule has 0 fully saturated rings. The highest BCUT2D eigenvalue weighted by molar-refractivity contribution is 9.10. The van der Waals surface area contributed by atoms with Crippen LogP contribution in [-0.4, -0.2) is 11.5 Å². The maximum absolute atomic E-state index is 11.9. The van der Waals surface area contributed by atoms with Crippen LogP contribution in [-0.2, 0) is 0 Å². The van der Waals surface area contributed by atoms with Crippen molar-refractivity contribution in [1.82, 2.24) is 0 Å². The van der Waals surface area contributed by atoms with Crippen molar-refractivity contribution in [2.75, 3.05) is 5.75 Å². The van der Waals surface area contributed by atoms with Crippen LogP contribution in [0.2, 0.25) is 0 Å². The Balaban J connectivity index is 0.00000162. The molecule has 1 heterocycles. The van der Waals surface area contributed by atoms with Crippen molar-refractivity contribution in [2.24, 2.45) is 0 Å². The normalized spacial score (nSPS) is 9.61. The zero-order valence-electron chi connectivity index (χ0n) is 9.31. The Morgan fingerprint density at radius 3 is 2.33 bits per heavy atom. The van der Waals surface area contributed by atoms with Gasteiger partial charge in [-0.25, -0.2) is 4.42 Å². The molecule has 0 saturated carbocycles. The highest BCUT2D eigenvalue weighted by atomic mass is 79.9. The van der Waals surface area contributed by atoms with Crippen LogP contribution >= 0.6 is 27.7 Å². The number of rotatable bonds is 4. The van der Waals surface area contributed by atoms with E-state index in [1.807, 2.05) is 36.4 Å². The average molecular weight is 390 g/mol. The summed E-state index contributed by atoms with van der Waals surface area (Å²) in [4.78, 5) is 12.9. The van der Waals surface area contributed by atoms with E-state index in [0.29, 0.717) is 5.75 Å². The molecule has 1 aromatic heterocycles. The van der Waals surface area contributed by atoms with Gasteiger partial charge in [-0.05, 0) is 12.1 Å². The molecule has 94 valence electrons. The van der Waals surface area contributed by atoms with Gasteiger partial charge in [0.2, 0.25) is 0 Å². The van der Waals surface area contributed by atoms with Crippen LogP contribution in [0.4, 0.5) is 0 Å². The van der Waals surface area contributed by atoms with Crippen LogP contribution in [0.15, 0.2) is 62.7 Å². The van der Waals surface area contributed by atoms with E-state index < -0.39 is 0 Å². The standard InChI is InChI=1S/C13H10BrO2S.BrH/c14-11-3-1-10(2-4-11)13(15)9-17-12-5-7-16-8-6-12;/h1-8H,9H2;1H/q+1;/p-1. The highest BCUT2D eigenvalue weighted by Gasteiger charge is 2.07. The Labute approximate surface area is 129 Å². The number of ketones is 1. The number of carbonyl (C=O) groups excluding carboxylic acids is 1. The van der Waals surface area contributed by atoms with Crippen LogP contribution in [0.3, 0.4) is 0 Å². The molecule has 5 heteroatoms. The van der Waals surface area contributed by atoms with Crippen molar-refractivity contribution in [1.29, 1.82) is 0 Å². The van der Waals surface area contributed by atoms with Crippen LogP contribution in [0.5, 0.6) is 0 Å². The summed E-state index contributed by atoms with van der Waals surface area (Å²) in [5.41, 5.74) is 0.737. The van der Waals surface area contributed by atoms with E-state index in [0.717, 1.165) is 14.9 Å². The first-order chi connectivity index (χ1) is 8.25. The lowest BCUT2D eigenvalue weighted by atomic mass is 10.2. The maximum atomic E-state index is 11.9. The largest absolute Gasteiger partial charge is 1.00 e. The lowest BCUT2D eigenvalue weighted by Gasteiger charge is -2.00. The Kier molecular flexibility index (Phi) is 6.60. The van der Waals surface area contributed by atoms with Gasteiger partial charge in [-0.15, -0.1) is 11.8 Å². The van der Waals surface area contributed by atoms with Crippen molar-refractivity contribution < 1.29 is 26.2 Å². The molecule has 0 unspecified atom stereocenters. The van der Waals surface area contributed by atoms with E-state index in [-0.39, 0.29) is 22.8 Å². The molecule has 0 radical (unpaired) electrons. The lowest BCUT2D eigenvalue weighted by Crippen LogP contribution is -3.00. The molecule has 0 atom stereocenters. The van der Waals surface area contributed by atoms with Gasteiger partial charge in [0, 0.05) is 27.1 Å². The third-order valence-corrected chi connectivity index (χ3v) is 3.70. The molecule has 0 amide bonds. The molecule has 2 rings (SSSR count). The molecule has 2 aromatic rings. The Morgan fingerprint density at radius 2 is 1.72 bits per heavy atom. The summed E-state index contributed by atoms with van der Waals surface area (Å²) in [5.74, 6) is 0.564. The summed E-state index contributed by atoms with van der Waals surface area (Å²) in [5, 5.41) is 0. The van der Waals surface area contributed by atoms with E-state index in [1.165, 1.54) is 11.8 Å². The fraction of sp³-hybridized carbons (Fsp3) is 0.0769. The Bertz CT molecular complexity index is 500. The van der Waals surface area contributed by atoms with Gasteiger partial charge in [0.05, 0.1) is 5.75 Å². The van der Waals surface area contributed by atoms with Gasteiger partial charge >= 0.3 is 12.5 Å². The topological polar surface area (TPSA) is 28.4 Å². The van der Waals surface area contributed by atoms with E-state index in [2.05, 4.69) is 15.9 Å². The lowest BCUT2D eigenvalue weighted by molar-refractivity contribution is -0.0000114. The number of benzene rings is 1. The van der Waals surface area contributed by atoms with E-state index in [1.54, 1.807) is 12.5 Å². The molecule has 2 nitrogen and oxygen atoms in total. The summed E-state index contributed by atoms with van der Waals surface area (Å²) in [7, 11) is 0. The van der Waals surface area contributed by atoms with Crippen LogP contribution in [0.25, 0.3) is 0 Å². The van der Waals surface area contributed by atoms with Crippen LogP contribution in [0.1, 0.15) is 10.4 Å². The van der Waals surface area contributed by atoms with Gasteiger partial charge in [-0.1, -0.05) is 28.1 Å². The van der Waals surface area contributed by atoms with Crippen molar-refractivity contribution >= 4 is 33.5 Å². The van der Waals surface area contributed by atoms with E-state index in [4.69, 9.17) is 4.42 Å². The molecule has 1 aromatic carbocycles. The van der Waals surface area contributed by atoms with Crippen LogP contribution < -0.4 is 17.0 Å². The monoisotopic (exact) mass is 388 g/mol. The number of Topliss-reactive ketones (excluding diaryl/α,β-unsaturated/α-hetero) is 1. The highest BCUT2D eigenvalue weighted by Crippen LogP contribution is 2.19. The molecule has 18 heavy (non-hydrogen) atoms. The fourth-order valence-electron chi connectivity index (χ4n) is 1.28. The molecular weight excluding hydrogens is 380 g/mol. The first-order valence-electron chi connectivity index (χ1n) is 5.03. The second-order valence-electron chi connectivity index (χ2n) is 3.36. The zero-order chi connectivity index (χ0) is 12.1. The van der Waals surface area contributed by atoms with Crippen molar-refractivity contribution in [3.05, 3.63) is 59.0 Å². The Morgan fingerprint density at radius 1 is 1.11 bits per heavy atom. The zero-order valence-corrected chi connectivity index (χ0v) is 13.3. The van der Waals surface area contributed by atoms with Gasteiger partial charge in [0.15, 0.2) is 5.78 Å². The van der Waals surface area contributed by atoms with Gasteiger partial charge in [0.1, 0.15) is 0 Å². The number of carbonyl (C=O) groups is 1. The first-order valence-corrected chi connectivity index (χ1v) is 6.80. The number of halogens is 2. The number of thioether (sulfide) groups is 1. The number of hydrogen-bond acceptors (Lipinski definition) is 2. The fourth-order valence-corrected chi connectivity index (χ4v) is 2.31. The molecule has 0 aliphatic heterocycles. The summed E-state index contributed by atoms with van der Waals surface area (Å²) in [6, 6.07) is 11.1. The second kappa shape index (κ2) is 7.71. The van der Waals surface area contributed by atoms with Crippen molar-refractivity contribution in [2.45, 2.75) is 4.90 Å². The first kappa shape index (κ1) is 15.4. The van der Waals surface area contributed by atoms with Crippen molar-refractivity contribution in [3.8, 4) is 0 Å². The van der Waals surface area contributed by atoms with E-state index >= 15 is 0 Å². The van der Waals surface area contributed by atoms with Gasteiger partial charge in [0.25, 0.3) is 0 Å². The molecule has 0 saturated heterocycles. The van der Waals surface area contributed by atoms with Gasteiger partial charge in [-0.3, -0.25) is 4.79 Å². The minimum atomic E-state index is 0. The molecule has 0 aliphatic carbocycles. The van der Waals surface area contributed by atoms with Gasteiger partial charge < -0.3 is 17.0 Å². The Hall–Kier alpha value is -0.650. The maximum Gasteiger partial charge on any atom is 0.319 e. The minimum Gasteiger partial charge on any atom is -1.00 e. The predicted molar refractivity (Wildman–Crippen MR) is 72.3 cm³/mol. The average Bonchev–Trinajstić information content (AvgIpc) is 2.38. The molecular formula is C13H10Br2O2S. The molecule has 0 N–H and O–H groups in total. The van der Waals surface area contributed by atoms with Gasteiger partial charge in [-0.2, -0.15) is 0 Å². The summed E-state index contributed by atoms with van der Waals surface area (Å²) < 4.78 is 5.90. The number of hydrogen-bond donors (Lipinski definition) is 0. The van der Waals surface area contributed by atoms with Crippen LogP contribution in [0, 0.1) is 0 Å². The summed E-state index contributed by atoms with van der Waals surface area (Å²) in [6.45, 7) is 0. The predicted octanol–water partition coefficient (Wildman–Crippen LogP) is 1.30. The SMILES string of the molecule is O=C(CSc1cc[o+]cc1)c1ccc(Br)cc1.[Br-]. The molecule has 0 spiro atoms. The smallest absolute Gasteiger partial charge is 0.319 e. The molecule has 0 aliphatic rings. The summed E-state index contributed by atoms with van der Waals surface area (Å²) in [6.07, 6.45) is 3.21. The minimum absolute atomic E-state index is 0.